The summed E-state index contributed by atoms with van der Waals surface area (Å²) in [4.78, 5) is 15.3. The topological polar surface area (TPSA) is 84.9 Å². The van der Waals surface area contributed by atoms with E-state index in [1.54, 1.807) is 34.8 Å². The third-order valence-corrected chi connectivity index (χ3v) is 2.56. The van der Waals surface area contributed by atoms with E-state index in [4.69, 9.17) is 10.5 Å². The molecule has 0 aliphatic heterocycles. The van der Waals surface area contributed by atoms with Gasteiger partial charge in [0, 0.05) is 18.6 Å². The molecule has 0 fully saturated rings. The number of methoxy groups -OCH3 is 1. The van der Waals surface area contributed by atoms with Gasteiger partial charge in [0.1, 0.15) is 15.9 Å². The van der Waals surface area contributed by atoms with E-state index in [9.17, 15) is 9.90 Å². The normalized spacial score (nSPS) is 14.8. The number of alkyl halides is 1. The molecule has 0 saturated carbocycles. The standard InChI is InChI=1S/C12H21BrN2O3/c1-11(2,7-18-5)8(16)6-9(14)15-10(17)12(3,4)13/h6,16H,7H2,1-5H3,(H2,14,15,17)/b8-6-. The molecule has 0 aromatic heterocycles. The highest BCUT2D eigenvalue weighted by atomic mass is 79.9. The maximum Gasteiger partial charge on any atom is 0.263 e. The Balaban J connectivity index is 4.98. The lowest BCUT2D eigenvalue weighted by Gasteiger charge is -2.22. The predicted octanol–water partition coefficient (Wildman–Crippen LogP) is 2.16. The van der Waals surface area contributed by atoms with Crippen LogP contribution in [-0.2, 0) is 9.53 Å². The van der Waals surface area contributed by atoms with Gasteiger partial charge in [0.25, 0.3) is 5.91 Å². The molecule has 0 aliphatic carbocycles. The van der Waals surface area contributed by atoms with Gasteiger partial charge in [-0.15, -0.1) is 0 Å². The van der Waals surface area contributed by atoms with E-state index in [-0.39, 0.29) is 11.6 Å². The smallest absolute Gasteiger partial charge is 0.263 e. The van der Waals surface area contributed by atoms with E-state index in [2.05, 4.69) is 20.9 Å². The van der Waals surface area contributed by atoms with E-state index in [0.717, 1.165) is 0 Å². The van der Waals surface area contributed by atoms with Crippen LogP contribution < -0.4 is 5.73 Å². The number of aliphatic imine (C=N–C) groups is 1. The molecule has 0 radical (unpaired) electrons. The minimum absolute atomic E-state index is 0.0192. The van der Waals surface area contributed by atoms with Gasteiger partial charge in [-0.1, -0.05) is 29.8 Å². The average Bonchev–Trinajstić information content (AvgIpc) is 2.15. The van der Waals surface area contributed by atoms with Gasteiger partial charge in [-0.05, 0) is 13.8 Å². The molecule has 0 aromatic carbocycles. The second kappa shape index (κ2) is 6.33. The Kier molecular flexibility index (Phi) is 6.02. The maximum atomic E-state index is 11.6. The molecular weight excluding hydrogens is 300 g/mol. The Morgan fingerprint density at radius 2 is 1.94 bits per heavy atom. The Morgan fingerprint density at radius 1 is 1.44 bits per heavy atom. The number of hydrogen-bond acceptors (Lipinski definition) is 3. The quantitative estimate of drug-likeness (QED) is 0.352. The molecule has 104 valence electrons. The molecule has 18 heavy (non-hydrogen) atoms. The number of halogens is 1. The average molecular weight is 321 g/mol. The summed E-state index contributed by atoms with van der Waals surface area (Å²) < 4.78 is 4.21. The summed E-state index contributed by atoms with van der Waals surface area (Å²) in [6.45, 7) is 7.27. The van der Waals surface area contributed by atoms with Gasteiger partial charge in [-0.2, -0.15) is 4.99 Å². The summed E-state index contributed by atoms with van der Waals surface area (Å²) in [6, 6.07) is 0. The van der Waals surface area contributed by atoms with Crippen LogP contribution in [0.1, 0.15) is 27.7 Å². The molecule has 0 rings (SSSR count). The van der Waals surface area contributed by atoms with E-state index in [1.807, 2.05) is 0 Å². The van der Waals surface area contributed by atoms with Crippen molar-refractivity contribution in [3.8, 4) is 0 Å². The summed E-state index contributed by atoms with van der Waals surface area (Å²) in [5.74, 6) is -0.423. The molecule has 0 bridgehead atoms. The van der Waals surface area contributed by atoms with E-state index in [0.29, 0.717) is 6.61 Å². The molecule has 0 atom stereocenters. The first-order valence-corrected chi connectivity index (χ1v) is 6.27. The fourth-order valence-electron chi connectivity index (χ4n) is 1.05. The number of nitrogens with zero attached hydrogens (tertiary/aromatic N) is 1. The summed E-state index contributed by atoms with van der Waals surface area (Å²) in [6.07, 6.45) is 1.27. The highest BCUT2D eigenvalue weighted by Gasteiger charge is 2.25. The second-order valence-electron chi connectivity index (χ2n) is 5.16. The summed E-state index contributed by atoms with van der Waals surface area (Å²) in [5, 5.41) is 9.89. The first-order valence-electron chi connectivity index (χ1n) is 5.48. The Labute approximate surface area is 116 Å². The molecule has 6 heteroatoms. The monoisotopic (exact) mass is 320 g/mol. The lowest BCUT2D eigenvalue weighted by atomic mass is 9.91. The van der Waals surface area contributed by atoms with Crippen molar-refractivity contribution in [1.82, 2.24) is 0 Å². The number of rotatable bonds is 5. The van der Waals surface area contributed by atoms with Crippen molar-refractivity contribution in [2.24, 2.45) is 16.1 Å². The number of nitrogens with two attached hydrogens (primary N) is 1. The SMILES string of the molecule is COCC(C)(C)/C(O)=C/C(N)=NC(=O)C(C)(C)Br. The Morgan fingerprint density at radius 3 is 2.33 bits per heavy atom. The molecular formula is C12H21BrN2O3. The summed E-state index contributed by atoms with van der Waals surface area (Å²) >= 11 is 3.19. The number of carbonyl (C=O) groups is 1. The van der Waals surface area contributed by atoms with Gasteiger partial charge in [0.15, 0.2) is 0 Å². The van der Waals surface area contributed by atoms with E-state index in [1.165, 1.54) is 6.08 Å². The largest absolute Gasteiger partial charge is 0.512 e. The fourth-order valence-corrected chi connectivity index (χ4v) is 1.14. The number of aliphatic hydroxyl groups is 1. The summed E-state index contributed by atoms with van der Waals surface area (Å²) in [7, 11) is 1.54. The van der Waals surface area contributed by atoms with Crippen LogP contribution in [0.2, 0.25) is 0 Å². The van der Waals surface area contributed by atoms with E-state index >= 15 is 0 Å². The van der Waals surface area contributed by atoms with Crippen molar-refractivity contribution < 1.29 is 14.6 Å². The van der Waals surface area contributed by atoms with E-state index < -0.39 is 15.6 Å². The van der Waals surface area contributed by atoms with Crippen LogP contribution in [0.4, 0.5) is 0 Å². The van der Waals surface area contributed by atoms with Crippen molar-refractivity contribution in [2.45, 2.75) is 32.0 Å². The number of amides is 1. The second-order valence-corrected chi connectivity index (χ2v) is 7.14. The van der Waals surface area contributed by atoms with Gasteiger partial charge in [-0.25, -0.2) is 0 Å². The number of aliphatic hydroxyl groups excluding tert-OH is 1. The third kappa shape index (κ3) is 5.64. The zero-order valence-electron chi connectivity index (χ0n) is 11.5. The van der Waals surface area contributed by atoms with Gasteiger partial charge >= 0.3 is 0 Å². The zero-order chi connectivity index (χ0) is 14.6. The van der Waals surface area contributed by atoms with Gasteiger partial charge < -0.3 is 15.6 Å². The number of hydrogen-bond donors (Lipinski definition) is 2. The molecule has 0 aromatic rings. The Hall–Kier alpha value is -0.880. The first kappa shape index (κ1) is 17.1. The van der Waals surface area contributed by atoms with Crippen LogP contribution in [0.3, 0.4) is 0 Å². The van der Waals surface area contributed by atoms with Gasteiger partial charge in [0.2, 0.25) is 0 Å². The Bertz CT molecular complexity index is 368. The lowest BCUT2D eigenvalue weighted by molar-refractivity contribution is -0.119. The maximum absolute atomic E-state index is 11.6. The van der Waals surface area contributed by atoms with Crippen LogP contribution in [0.5, 0.6) is 0 Å². The minimum Gasteiger partial charge on any atom is -0.512 e. The van der Waals surface area contributed by atoms with Crippen molar-refractivity contribution >= 4 is 27.7 Å². The molecule has 3 N–H and O–H groups in total. The van der Waals surface area contributed by atoms with Gasteiger partial charge in [0.05, 0.1) is 6.61 Å². The van der Waals surface area contributed by atoms with Crippen LogP contribution in [0.25, 0.3) is 0 Å². The molecule has 0 unspecified atom stereocenters. The van der Waals surface area contributed by atoms with Crippen LogP contribution in [-0.4, -0.2) is 34.9 Å². The third-order valence-electron chi connectivity index (χ3n) is 2.22. The molecule has 0 heterocycles. The van der Waals surface area contributed by atoms with Crippen molar-refractivity contribution in [1.29, 1.82) is 0 Å². The van der Waals surface area contributed by atoms with Crippen molar-refractivity contribution in [2.75, 3.05) is 13.7 Å². The number of carbonyl (C=O) groups excluding carboxylic acids is 1. The first-order chi connectivity index (χ1) is 8.00. The van der Waals surface area contributed by atoms with Crippen LogP contribution in [0, 0.1) is 5.41 Å². The number of amidine groups is 1. The lowest BCUT2D eigenvalue weighted by Crippen LogP contribution is -2.26. The van der Waals surface area contributed by atoms with Crippen LogP contribution >= 0.6 is 15.9 Å². The highest BCUT2D eigenvalue weighted by molar-refractivity contribution is 9.10. The molecule has 0 spiro atoms. The van der Waals surface area contributed by atoms with Gasteiger partial charge in [-0.3, -0.25) is 4.79 Å². The summed E-state index contributed by atoms with van der Waals surface area (Å²) in [5.41, 5.74) is 5.01. The molecule has 0 saturated heterocycles. The van der Waals surface area contributed by atoms with Crippen molar-refractivity contribution in [3.63, 3.8) is 0 Å². The fraction of sp³-hybridized carbons (Fsp3) is 0.667. The molecule has 1 amide bonds. The minimum atomic E-state index is -0.775. The van der Waals surface area contributed by atoms with Crippen molar-refractivity contribution in [3.05, 3.63) is 11.8 Å². The van der Waals surface area contributed by atoms with Crippen LogP contribution in [0.15, 0.2) is 16.8 Å². The predicted molar refractivity (Wildman–Crippen MR) is 76.0 cm³/mol. The number of ether oxygens (including phenoxy) is 1. The zero-order valence-corrected chi connectivity index (χ0v) is 13.0. The highest BCUT2D eigenvalue weighted by Crippen LogP contribution is 2.24. The molecule has 0 aliphatic rings. The molecule has 5 nitrogen and oxygen atoms in total.